The second-order valence-corrected chi connectivity index (χ2v) is 7.00. The van der Waals surface area contributed by atoms with Crippen molar-refractivity contribution in [1.29, 1.82) is 0 Å². The van der Waals surface area contributed by atoms with Crippen molar-refractivity contribution in [3.63, 3.8) is 0 Å². The summed E-state index contributed by atoms with van der Waals surface area (Å²) in [6, 6.07) is 15.1. The molecule has 29 heavy (non-hydrogen) atoms. The van der Waals surface area contributed by atoms with E-state index in [1.807, 2.05) is 48.2 Å². The van der Waals surface area contributed by atoms with E-state index in [9.17, 15) is 13.6 Å². The third-order valence-electron chi connectivity index (χ3n) is 5.07. The molecule has 0 bridgehead atoms. The van der Waals surface area contributed by atoms with Gasteiger partial charge in [-0.15, -0.1) is 10.2 Å². The van der Waals surface area contributed by atoms with Crippen molar-refractivity contribution < 1.29 is 13.6 Å². The van der Waals surface area contributed by atoms with Gasteiger partial charge < -0.3 is 9.80 Å². The summed E-state index contributed by atoms with van der Waals surface area (Å²) >= 11 is 0. The highest BCUT2D eigenvalue weighted by atomic mass is 19.1. The van der Waals surface area contributed by atoms with Gasteiger partial charge in [-0.2, -0.15) is 0 Å². The van der Waals surface area contributed by atoms with Crippen LogP contribution in [-0.4, -0.2) is 47.2 Å². The zero-order chi connectivity index (χ0) is 20.4. The Balaban J connectivity index is 1.46. The molecule has 0 N–H and O–H groups in total. The lowest BCUT2D eigenvalue weighted by Crippen LogP contribution is -2.49. The average Bonchev–Trinajstić information content (AvgIpc) is 2.74. The first kappa shape index (κ1) is 19.0. The molecule has 0 atom stereocenters. The highest BCUT2D eigenvalue weighted by Crippen LogP contribution is 2.23. The lowest BCUT2D eigenvalue weighted by atomic mass is 10.1. The quantitative estimate of drug-likeness (QED) is 0.680. The number of piperazine rings is 1. The molecule has 1 saturated heterocycles. The highest BCUT2D eigenvalue weighted by Gasteiger charge is 2.26. The number of hydrogen-bond acceptors (Lipinski definition) is 4. The van der Waals surface area contributed by atoms with Gasteiger partial charge in [0, 0.05) is 37.8 Å². The van der Waals surface area contributed by atoms with E-state index in [2.05, 4.69) is 10.2 Å². The third kappa shape index (κ3) is 3.94. The zero-order valence-corrected chi connectivity index (χ0v) is 16.0. The standard InChI is InChI=1S/C22H20F2N4O/c1-15-13-19(16-5-3-2-4-6-16)25-26-21(15)22(29)28-11-9-27(10-12-28)20-8-7-17(23)14-18(20)24/h2-8,13-14H,9-12H2,1H3. The molecule has 0 saturated carbocycles. The summed E-state index contributed by atoms with van der Waals surface area (Å²) in [6.07, 6.45) is 0. The monoisotopic (exact) mass is 394 g/mol. The van der Waals surface area contributed by atoms with Gasteiger partial charge in [-0.3, -0.25) is 4.79 Å². The Kier molecular flexibility index (Phi) is 5.20. The number of carbonyl (C=O) groups is 1. The second kappa shape index (κ2) is 7.95. The largest absolute Gasteiger partial charge is 0.366 e. The lowest BCUT2D eigenvalue weighted by Gasteiger charge is -2.36. The van der Waals surface area contributed by atoms with E-state index in [1.54, 1.807) is 4.90 Å². The molecule has 0 spiro atoms. The van der Waals surface area contributed by atoms with Crippen molar-refractivity contribution in [3.8, 4) is 11.3 Å². The van der Waals surface area contributed by atoms with Crippen LogP contribution in [0, 0.1) is 18.6 Å². The topological polar surface area (TPSA) is 49.3 Å². The van der Waals surface area contributed by atoms with E-state index >= 15 is 0 Å². The molecule has 4 rings (SSSR count). The van der Waals surface area contributed by atoms with Crippen molar-refractivity contribution in [2.45, 2.75) is 6.92 Å². The molecule has 7 heteroatoms. The van der Waals surface area contributed by atoms with Gasteiger partial charge in [0.05, 0.1) is 11.4 Å². The number of benzene rings is 2. The minimum Gasteiger partial charge on any atom is -0.366 e. The smallest absolute Gasteiger partial charge is 0.274 e. The minimum atomic E-state index is -0.604. The first-order valence-corrected chi connectivity index (χ1v) is 9.42. The Labute approximate surface area is 167 Å². The molecule has 148 valence electrons. The molecule has 0 unspecified atom stereocenters. The van der Waals surface area contributed by atoms with Crippen LogP contribution >= 0.6 is 0 Å². The Morgan fingerprint density at radius 2 is 1.66 bits per heavy atom. The van der Waals surface area contributed by atoms with Crippen LogP contribution in [0.4, 0.5) is 14.5 Å². The maximum Gasteiger partial charge on any atom is 0.274 e. The van der Waals surface area contributed by atoms with E-state index in [-0.39, 0.29) is 5.91 Å². The van der Waals surface area contributed by atoms with E-state index in [0.717, 1.165) is 22.9 Å². The maximum atomic E-state index is 14.0. The van der Waals surface area contributed by atoms with Crippen LogP contribution in [0.5, 0.6) is 0 Å². The summed E-state index contributed by atoms with van der Waals surface area (Å²) < 4.78 is 27.1. The number of amides is 1. The molecule has 2 heterocycles. The molecule has 1 aliphatic heterocycles. The predicted octanol–water partition coefficient (Wildman–Crippen LogP) is 3.69. The van der Waals surface area contributed by atoms with Gasteiger partial charge in [0.1, 0.15) is 11.6 Å². The highest BCUT2D eigenvalue weighted by molar-refractivity contribution is 5.94. The number of aromatic nitrogens is 2. The van der Waals surface area contributed by atoms with Crippen LogP contribution in [0.15, 0.2) is 54.6 Å². The molecule has 1 aromatic heterocycles. The van der Waals surface area contributed by atoms with Gasteiger partial charge >= 0.3 is 0 Å². The third-order valence-corrected chi connectivity index (χ3v) is 5.07. The summed E-state index contributed by atoms with van der Waals surface area (Å²) in [5.41, 5.74) is 3.09. The number of aryl methyl sites for hydroxylation is 1. The SMILES string of the molecule is Cc1cc(-c2ccccc2)nnc1C(=O)N1CCN(c2ccc(F)cc2F)CC1. The van der Waals surface area contributed by atoms with Crippen molar-refractivity contribution >= 4 is 11.6 Å². The fourth-order valence-electron chi connectivity index (χ4n) is 3.48. The first-order valence-electron chi connectivity index (χ1n) is 9.42. The number of rotatable bonds is 3. The minimum absolute atomic E-state index is 0.186. The molecule has 5 nitrogen and oxygen atoms in total. The second-order valence-electron chi connectivity index (χ2n) is 7.00. The summed E-state index contributed by atoms with van der Waals surface area (Å²) in [6.45, 7) is 3.62. The molecular formula is C22H20F2N4O. The summed E-state index contributed by atoms with van der Waals surface area (Å²) in [4.78, 5) is 16.4. The Bertz CT molecular complexity index is 1030. The zero-order valence-electron chi connectivity index (χ0n) is 16.0. The number of nitrogens with zero attached hydrogens (tertiary/aromatic N) is 4. The van der Waals surface area contributed by atoms with Gasteiger partial charge in [0.15, 0.2) is 5.69 Å². The summed E-state index contributed by atoms with van der Waals surface area (Å²) in [5, 5.41) is 8.39. The molecule has 0 radical (unpaired) electrons. The van der Waals surface area contributed by atoms with Crippen molar-refractivity contribution in [2.75, 3.05) is 31.1 Å². The van der Waals surface area contributed by atoms with Crippen LogP contribution in [0.1, 0.15) is 16.1 Å². The maximum absolute atomic E-state index is 14.0. The lowest BCUT2D eigenvalue weighted by molar-refractivity contribution is 0.0738. The van der Waals surface area contributed by atoms with Crippen molar-refractivity contribution in [3.05, 3.63) is 77.5 Å². The van der Waals surface area contributed by atoms with E-state index in [0.29, 0.717) is 37.6 Å². The molecule has 1 fully saturated rings. The van der Waals surface area contributed by atoms with Crippen LogP contribution in [0.2, 0.25) is 0 Å². The van der Waals surface area contributed by atoms with Crippen LogP contribution in [0.3, 0.4) is 0 Å². The summed E-state index contributed by atoms with van der Waals surface area (Å²) in [5.74, 6) is -1.38. The Morgan fingerprint density at radius 3 is 2.31 bits per heavy atom. The molecule has 2 aromatic carbocycles. The number of hydrogen-bond donors (Lipinski definition) is 0. The number of halogens is 2. The van der Waals surface area contributed by atoms with Gasteiger partial charge in [0.2, 0.25) is 0 Å². The van der Waals surface area contributed by atoms with Crippen LogP contribution in [0.25, 0.3) is 11.3 Å². The van der Waals surface area contributed by atoms with Crippen molar-refractivity contribution in [1.82, 2.24) is 15.1 Å². The van der Waals surface area contributed by atoms with Gasteiger partial charge in [-0.25, -0.2) is 8.78 Å². The molecule has 1 amide bonds. The predicted molar refractivity (Wildman–Crippen MR) is 107 cm³/mol. The fourth-order valence-corrected chi connectivity index (χ4v) is 3.48. The van der Waals surface area contributed by atoms with E-state index in [1.165, 1.54) is 12.1 Å². The fraction of sp³-hybridized carbons (Fsp3) is 0.227. The number of carbonyl (C=O) groups excluding carboxylic acids is 1. The average molecular weight is 394 g/mol. The van der Waals surface area contributed by atoms with E-state index in [4.69, 9.17) is 0 Å². The molecule has 1 aliphatic rings. The Hall–Kier alpha value is -3.35. The molecular weight excluding hydrogens is 374 g/mol. The number of anilines is 1. The molecule has 3 aromatic rings. The van der Waals surface area contributed by atoms with Crippen LogP contribution in [-0.2, 0) is 0 Å². The van der Waals surface area contributed by atoms with Crippen molar-refractivity contribution in [2.24, 2.45) is 0 Å². The first-order chi connectivity index (χ1) is 14.0. The van der Waals surface area contributed by atoms with Gasteiger partial charge in [-0.1, -0.05) is 30.3 Å². The normalized spacial score (nSPS) is 14.2. The van der Waals surface area contributed by atoms with Crippen LogP contribution < -0.4 is 4.90 Å². The van der Waals surface area contributed by atoms with E-state index < -0.39 is 11.6 Å². The van der Waals surface area contributed by atoms with Gasteiger partial charge in [0.25, 0.3) is 5.91 Å². The molecule has 0 aliphatic carbocycles. The summed E-state index contributed by atoms with van der Waals surface area (Å²) in [7, 11) is 0. The Morgan fingerprint density at radius 1 is 0.931 bits per heavy atom. The van der Waals surface area contributed by atoms with Gasteiger partial charge in [-0.05, 0) is 30.7 Å².